The Morgan fingerprint density at radius 3 is 2.45 bits per heavy atom. The lowest BCUT2D eigenvalue weighted by Crippen LogP contribution is -2.28. The van der Waals surface area contributed by atoms with Gasteiger partial charge in [0, 0.05) is 11.3 Å². The SMILES string of the molecule is CC(=O)c1c(C)[nH]c(C(=O)NCCOc2ccccc2)c1C. The van der Waals surface area contributed by atoms with E-state index in [0.29, 0.717) is 30.0 Å². The second kappa shape index (κ2) is 6.93. The zero-order chi connectivity index (χ0) is 16.1. The molecule has 0 spiro atoms. The summed E-state index contributed by atoms with van der Waals surface area (Å²) < 4.78 is 5.51. The summed E-state index contributed by atoms with van der Waals surface area (Å²) in [5.41, 5.74) is 2.43. The maximum absolute atomic E-state index is 12.2. The Morgan fingerprint density at radius 1 is 1.18 bits per heavy atom. The highest BCUT2D eigenvalue weighted by atomic mass is 16.5. The van der Waals surface area contributed by atoms with Crippen LogP contribution in [0.25, 0.3) is 0 Å². The van der Waals surface area contributed by atoms with Crippen LogP contribution in [0.15, 0.2) is 30.3 Å². The standard InChI is InChI=1S/C17H20N2O3/c1-11-15(13(3)20)12(2)19-16(11)17(21)18-9-10-22-14-7-5-4-6-8-14/h4-8,19H,9-10H2,1-3H3,(H,18,21). The molecule has 116 valence electrons. The van der Waals surface area contributed by atoms with E-state index in [4.69, 9.17) is 4.74 Å². The summed E-state index contributed by atoms with van der Waals surface area (Å²) in [6.07, 6.45) is 0. The number of Topliss-reactive ketones (excluding diaryl/α,β-unsaturated/α-hetero) is 1. The van der Waals surface area contributed by atoms with Crippen LogP contribution in [0.3, 0.4) is 0 Å². The number of nitrogens with one attached hydrogen (secondary N) is 2. The number of hydrogen-bond donors (Lipinski definition) is 2. The lowest BCUT2D eigenvalue weighted by molar-refractivity contribution is 0.0941. The molecular formula is C17H20N2O3. The maximum atomic E-state index is 12.2. The Morgan fingerprint density at radius 2 is 1.86 bits per heavy atom. The first-order chi connectivity index (χ1) is 10.5. The molecule has 0 atom stereocenters. The summed E-state index contributed by atoms with van der Waals surface area (Å²) in [4.78, 5) is 26.7. The summed E-state index contributed by atoms with van der Waals surface area (Å²) in [6, 6.07) is 9.42. The van der Waals surface area contributed by atoms with E-state index >= 15 is 0 Å². The molecule has 1 aromatic heterocycles. The summed E-state index contributed by atoms with van der Waals surface area (Å²) in [5, 5.41) is 2.78. The van der Waals surface area contributed by atoms with Gasteiger partial charge in [-0.05, 0) is 38.5 Å². The molecule has 0 saturated carbocycles. The van der Waals surface area contributed by atoms with Crippen molar-refractivity contribution in [1.29, 1.82) is 0 Å². The molecule has 1 heterocycles. The van der Waals surface area contributed by atoms with Gasteiger partial charge in [-0.15, -0.1) is 0 Å². The Labute approximate surface area is 129 Å². The van der Waals surface area contributed by atoms with Gasteiger partial charge in [0.1, 0.15) is 18.1 Å². The van der Waals surface area contributed by atoms with Gasteiger partial charge in [0.05, 0.1) is 6.54 Å². The number of amides is 1. The van der Waals surface area contributed by atoms with Crippen molar-refractivity contribution in [2.45, 2.75) is 20.8 Å². The Kier molecular flexibility index (Phi) is 4.99. The molecule has 0 unspecified atom stereocenters. The van der Waals surface area contributed by atoms with Crippen molar-refractivity contribution in [2.24, 2.45) is 0 Å². The van der Waals surface area contributed by atoms with E-state index in [-0.39, 0.29) is 11.7 Å². The zero-order valence-electron chi connectivity index (χ0n) is 13.0. The number of carbonyl (C=O) groups excluding carboxylic acids is 2. The molecule has 2 rings (SSSR count). The molecule has 0 aliphatic carbocycles. The average Bonchev–Trinajstić information content (AvgIpc) is 2.79. The van der Waals surface area contributed by atoms with Crippen LogP contribution in [-0.4, -0.2) is 29.8 Å². The minimum atomic E-state index is -0.232. The minimum Gasteiger partial charge on any atom is -0.492 e. The number of aryl methyl sites for hydroxylation is 1. The average molecular weight is 300 g/mol. The topological polar surface area (TPSA) is 71.2 Å². The lowest BCUT2D eigenvalue weighted by Gasteiger charge is -2.07. The number of carbonyl (C=O) groups is 2. The molecule has 2 N–H and O–H groups in total. The first-order valence-corrected chi connectivity index (χ1v) is 7.17. The van der Waals surface area contributed by atoms with Gasteiger partial charge in [-0.3, -0.25) is 9.59 Å². The normalized spacial score (nSPS) is 10.3. The summed E-state index contributed by atoms with van der Waals surface area (Å²) in [7, 11) is 0. The highest BCUT2D eigenvalue weighted by Crippen LogP contribution is 2.18. The number of H-pyrrole nitrogens is 1. The van der Waals surface area contributed by atoms with E-state index in [1.54, 1.807) is 13.8 Å². The number of benzene rings is 1. The van der Waals surface area contributed by atoms with E-state index in [0.717, 1.165) is 11.4 Å². The highest BCUT2D eigenvalue weighted by molar-refractivity contribution is 6.02. The van der Waals surface area contributed by atoms with Gasteiger partial charge in [-0.25, -0.2) is 0 Å². The van der Waals surface area contributed by atoms with Crippen molar-refractivity contribution in [2.75, 3.05) is 13.2 Å². The molecule has 0 bridgehead atoms. The van der Waals surface area contributed by atoms with Gasteiger partial charge in [0.2, 0.25) is 0 Å². The van der Waals surface area contributed by atoms with Crippen LogP contribution in [0.4, 0.5) is 0 Å². The second-order valence-corrected chi connectivity index (χ2v) is 5.10. The van der Waals surface area contributed by atoms with Crippen LogP contribution in [0.5, 0.6) is 5.75 Å². The fraction of sp³-hybridized carbons (Fsp3) is 0.294. The fourth-order valence-corrected chi connectivity index (χ4v) is 2.44. The first-order valence-electron chi connectivity index (χ1n) is 7.17. The molecule has 5 heteroatoms. The zero-order valence-corrected chi connectivity index (χ0v) is 13.0. The predicted molar refractivity (Wildman–Crippen MR) is 84.5 cm³/mol. The maximum Gasteiger partial charge on any atom is 0.268 e. The van der Waals surface area contributed by atoms with Crippen molar-refractivity contribution >= 4 is 11.7 Å². The van der Waals surface area contributed by atoms with Crippen LogP contribution in [0.1, 0.15) is 39.0 Å². The summed E-state index contributed by atoms with van der Waals surface area (Å²) >= 11 is 0. The minimum absolute atomic E-state index is 0.0438. The number of hydrogen-bond acceptors (Lipinski definition) is 3. The van der Waals surface area contributed by atoms with Crippen molar-refractivity contribution in [3.63, 3.8) is 0 Å². The van der Waals surface area contributed by atoms with Gasteiger partial charge < -0.3 is 15.0 Å². The van der Waals surface area contributed by atoms with E-state index < -0.39 is 0 Å². The first kappa shape index (κ1) is 15.8. The van der Waals surface area contributed by atoms with E-state index in [1.807, 2.05) is 30.3 Å². The highest BCUT2D eigenvalue weighted by Gasteiger charge is 2.19. The third kappa shape index (κ3) is 3.55. The number of ether oxygens (including phenoxy) is 1. The number of ketones is 1. The van der Waals surface area contributed by atoms with Gasteiger partial charge in [0.25, 0.3) is 5.91 Å². The van der Waals surface area contributed by atoms with Crippen LogP contribution in [0, 0.1) is 13.8 Å². The molecule has 22 heavy (non-hydrogen) atoms. The van der Waals surface area contributed by atoms with Crippen LogP contribution < -0.4 is 10.1 Å². The van der Waals surface area contributed by atoms with Gasteiger partial charge in [-0.1, -0.05) is 18.2 Å². The smallest absolute Gasteiger partial charge is 0.268 e. The Hall–Kier alpha value is -2.56. The second-order valence-electron chi connectivity index (χ2n) is 5.10. The molecule has 1 aromatic carbocycles. The third-order valence-corrected chi connectivity index (χ3v) is 3.42. The summed E-state index contributed by atoms with van der Waals surface area (Å²) in [5.74, 6) is 0.491. The predicted octanol–water partition coefficient (Wildman–Crippen LogP) is 2.64. The van der Waals surface area contributed by atoms with Crippen molar-refractivity contribution in [1.82, 2.24) is 10.3 Å². The van der Waals surface area contributed by atoms with Crippen LogP contribution in [0.2, 0.25) is 0 Å². The van der Waals surface area contributed by atoms with Crippen molar-refractivity contribution in [3.8, 4) is 5.75 Å². The molecular weight excluding hydrogens is 280 g/mol. The molecule has 2 aromatic rings. The lowest BCUT2D eigenvalue weighted by atomic mass is 10.1. The number of para-hydroxylation sites is 1. The monoisotopic (exact) mass is 300 g/mol. The van der Waals surface area contributed by atoms with Crippen molar-refractivity contribution in [3.05, 3.63) is 52.8 Å². The molecule has 0 saturated heterocycles. The Balaban J connectivity index is 1.90. The molecule has 1 amide bonds. The number of aromatic amines is 1. The van der Waals surface area contributed by atoms with Gasteiger partial charge >= 0.3 is 0 Å². The van der Waals surface area contributed by atoms with Gasteiger partial charge in [0.15, 0.2) is 5.78 Å². The van der Waals surface area contributed by atoms with Gasteiger partial charge in [-0.2, -0.15) is 0 Å². The third-order valence-electron chi connectivity index (χ3n) is 3.42. The quantitative estimate of drug-likeness (QED) is 0.636. The van der Waals surface area contributed by atoms with E-state index in [9.17, 15) is 9.59 Å². The van der Waals surface area contributed by atoms with Crippen LogP contribution in [-0.2, 0) is 0 Å². The number of aromatic nitrogens is 1. The largest absolute Gasteiger partial charge is 0.492 e. The van der Waals surface area contributed by atoms with E-state index in [2.05, 4.69) is 10.3 Å². The molecule has 5 nitrogen and oxygen atoms in total. The summed E-state index contributed by atoms with van der Waals surface area (Å²) in [6.45, 7) is 5.84. The fourth-order valence-electron chi connectivity index (χ4n) is 2.44. The van der Waals surface area contributed by atoms with E-state index in [1.165, 1.54) is 6.92 Å². The molecule has 0 fully saturated rings. The molecule has 0 aliphatic heterocycles. The Bertz CT molecular complexity index is 675. The van der Waals surface area contributed by atoms with Crippen LogP contribution >= 0.6 is 0 Å². The molecule has 0 aliphatic rings. The number of rotatable bonds is 6. The van der Waals surface area contributed by atoms with Crippen molar-refractivity contribution < 1.29 is 14.3 Å². The molecule has 0 radical (unpaired) electrons.